The molecule has 1 aliphatic heterocycles. The number of carbonyl (C=O) groups is 1. The zero-order valence-corrected chi connectivity index (χ0v) is 13.6. The van der Waals surface area contributed by atoms with Crippen molar-refractivity contribution in [3.05, 3.63) is 17.0 Å². The van der Waals surface area contributed by atoms with E-state index in [1.54, 1.807) is 0 Å². The number of hydrogen-bond acceptors (Lipinski definition) is 6. The van der Waals surface area contributed by atoms with Crippen LogP contribution in [0.2, 0.25) is 0 Å². The molecule has 0 aromatic carbocycles. The van der Waals surface area contributed by atoms with Gasteiger partial charge < -0.3 is 9.47 Å². The summed E-state index contributed by atoms with van der Waals surface area (Å²) in [7, 11) is 3.35. The predicted octanol–water partition coefficient (Wildman–Crippen LogP) is 0.880. The number of aryl methyl sites for hydroxylation is 2. The Balaban J connectivity index is 1.79. The number of rotatable bonds is 4. The summed E-state index contributed by atoms with van der Waals surface area (Å²) in [4.78, 5) is 16.6. The van der Waals surface area contributed by atoms with Crippen LogP contribution >= 0.6 is 0 Å². The highest BCUT2D eigenvalue weighted by atomic mass is 16.5. The van der Waals surface area contributed by atoms with Gasteiger partial charge in [-0.15, -0.1) is 5.10 Å². The fourth-order valence-electron chi connectivity index (χ4n) is 2.95. The van der Waals surface area contributed by atoms with E-state index in [1.807, 2.05) is 25.6 Å². The molecule has 3 heterocycles. The Kier molecular flexibility index (Phi) is 4.03. The molecule has 0 spiro atoms. The molecule has 0 saturated carbocycles. The van der Waals surface area contributed by atoms with Crippen LogP contribution in [0.5, 0.6) is 6.01 Å². The minimum atomic E-state index is -0.298. The van der Waals surface area contributed by atoms with Crippen molar-refractivity contribution in [3.63, 3.8) is 0 Å². The van der Waals surface area contributed by atoms with Gasteiger partial charge in [-0.2, -0.15) is 10.1 Å². The summed E-state index contributed by atoms with van der Waals surface area (Å²) in [6.07, 6.45) is 0.351. The molecule has 23 heavy (non-hydrogen) atoms. The van der Waals surface area contributed by atoms with Crippen molar-refractivity contribution in [3.8, 4) is 6.01 Å². The monoisotopic (exact) mass is 320 g/mol. The predicted molar refractivity (Wildman–Crippen MR) is 81.0 cm³/mol. The van der Waals surface area contributed by atoms with E-state index in [0.29, 0.717) is 13.0 Å². The summed E-state index contributed by atoms with van der Waals surface area (Å²) in [5, 5.41) is 13.6. The van der Waals surface area contributed by atoms with Crippen molar-refractivity contribution in [1.29, 1.82) is 0 Å². The number of carbonyl (C=O) groups excluding carboxylic acids is 1. The maximum Gasteiger partial charge on any atom is 0.336 e. The number of nitrogens with one attached hydrogen (secondary N) is 2. The minimum absolute atomic E-state index is 0.158. The van der Waals surface area contributed by atoms with Gasteiger partial charge in [0.25, 0.3) is 0 Å². The zero-order valence-electron chi connectivity index (χ0n) is 13.6. The van der Waals surface area contributed by atoms with E-state index in [0.717, 1.165) is 17.0 Å². The van der Waals surface area contributed by atoms with Crippen molar-refractivity contribution < 1.29 is 14.3 Å². The molecular formula is C14H20N6O3. The third kappa shape index (κ3) is 2.79. The summed E-state index contributed by atoms with van der Waals surface area (Å²) >= 11 is 0. The van der Waals surface area contributed by atoms with Crippen LogP contribution in [0.25, 0.3) is 0 Å². The van der Waals surface area contributed by atoms with E-state index in [2.05, 4.69) is 25.6 Å². The molecule has 0 radical (unpaired) electrons. The smallest absolute Gasteiger partial charge is 0.336 e. The van der Waals surface area contributed by atoms with E-state index < -0.39 is 0 Å². The summed E-state index contributed by atoms with van der Waals surface area (Å²) < 4.78 is 12.5. The van der Waals surface area contributed by atoms with Gasteiger partial charge in [-0.25, -0.2) is 5.10 Å². The van der Waals surface area contributed by atoms with Gasteiger partial charge in [0.15, 0.2) is 0 Å². The number of ether oxygens (including phenoxy) is 2. The largest absolute Gasteiger partial charge is 0.466 e. The molecule has 0 aliphatic carbocycles. The number of amides is 1. The second kappa shape index (κ2) is 5.99. The second-order valence-corrected chi connectivity index (χ2v) is 5.55. The molecule has 2 N–H and O–H groups in total. The number of H-pyrrole nitrogens is 1. The Hall–Kier alpha value is -2.42. The van der Waals surface area contributed by atoms with Gasteiger partial charge >= 0.3 is 6.01 Å². The summed E-state index contributed by atoms with van der Waals surface area (Å²) in [5.74, 6) is -0.196. The van der Waals surface area contributed by atoms with Crippen LogP contribution in [0.1, 0.15) is 29.5 Å². The number of anilines is 1. The van der Waals surface area contributed by atoms with Gasteiger partial charge in [0, 0.05) is 24.9 Å². The minimum Gasteiger partial charge on any atom is -0.466 e. The molecule has 2 aromatic rings. The number of aromatic nitrogens is 5. The van der Waals surface area contributed by atoms with Crippen LogP contribution in [0.3, 0.4) is 0 Å². The number of nitrogens with zero attached hydrogens (tertiary/aromatic N) is 4. The fraction of sp³-hybridized carbons (Fsp3) is 0.571. The van der Waals surface area contributed by atoms with E-state index in [-0.39, 0.29) is 29.9 Å². The van der Waals surface area contributed by atoms with E-state index >= 15 is 0 Å². The Morgan fingerprint density at radius 1 is 1.48 bits per heavy atom. The fourth-order valence-corrected chi connectivity index (χ4v) is 2.95. The topological polar surface area (TPSA) is 107 Å². The molecule has 9 nitrogen and oxygen atoms in total. The van der Waals surface area contributed by atoms with Gasteiger partial charge in [-0.05, 0) is 20.3 Å². The van der Waals surface area contributed by atoms with Crippen LogP contribution < -0.4 is 10.1 Å². The standard InChI is InChI=1S/C14H20N6O3/c1-7-10(8(2)20(3)19-7)11-9(5-6-23-11)12(21)15-13-16-14(22-4)18-17-13/h9,11H,5-6H2,1-4H3,(H2,15,16,17,18,21)/t9-,11-/m0/s1. The third-order valence-electron chi connectivity index (χ3n) is 4.17. The first-order valence-electron chi connectivity index (χ1n) is 7.40. The first-order chi connectivity index (χ1) is 11.0. The molecule has 2 atom stereocenters. The Labute approximate surface area is 133 Å². The van der Waals surface area contributed by atoms with Gasteiger partial charge in [-0.3, -0.25) is 14.8 Å². The van der Waals surface area contributed by atoms with E-state index in [9.17, 15) is 4.79 Å². The molecule has 1 aliphatic rings. The lowest BCUT2D eigenvalue weighted by molar-refractivity contribution is -0.121. The zero-order chi connectivity index (χ0) is 16.6. The number of hydrogen-bond donors (Lipinski definition) is 2. The lowest BCUT2D eigenvalue weighted by atomic mass is 9.93. The second-order valence-electron chi connectivity index (χ2n) is 5.55. The lowest BCUT2D eigenvalue weighted by Crippen LogP contribution is -2.26. The molecule has 1 fully saturated rings. The maximum atomic E-state index is 12.6. The summed E-state index contributed by atoms with van der Waals surface area (Å²) in [5.41, 5.74) is 2.88. The highest BCUT2D eigenvalue weighted by Crippen LogP contribution is 2.38. The van der Waals surface area contributed by atoms with Gasteiger partial charge in [0.05, 0.1) is 24.8 Å². The SMILES string of the molecule is COc1n[nH]c(NC(=O)[C@H]2CCO[C@@H]2c2c(C)nn(C)c2C)n1. The van der Waals surface area contributed by atoms with E-state index in [4.69, 9.17) is 9.47 Å². The molecule has 0 bridgehead atoms. The molecule has 9 heteroatoms. The molecule has 2 aromatic heterocycles. The highest BCUT2D eigenvalue weighted by molar-refractivity contribution is 5.91. The van der Waals surface area contributed by atoms with Gasteiger partial charge in [0.2, 0.25) is 11.9 Å². The van der Waals surface area contributed by atoms with Gasteiger partial charge in [0.1, 0.15) is 0 Å². The van der Waals surface area contributed by atoms with Crippen molar-refractivity contribution in [2.24, 2.45) is 13.0 Å². The van der Waals surface area contributed by atoms with Crippen LogP contribution in [0, 0.1) is 19.8 Å². The van der Waals surface area contributed by atoms with Crippen LogP contribution in [-0.2, 0) is 16.6 Å². The van der Waals surface area contributed by atoms with Crippen LogP contribution in [0.4, 0.5) is 5.95 Å². The molecule has 0 unspecified atom stereocenters. The lowest BCUT2D eigenvalue weighted by Gasteiger charge is -2.18. The van der Waals surface area contributed by atoms with Crippen LogP contribution in [0.15, 0.2) is 0 Å². The molecule has 3 rings (SSSR count). The van der Waals surface area contributed by atoms with E-state index in [1.165, 1.54) is 7.11 Å². The Morgan fingerprint density at radius 2 is 2.26 bits per heavy atom. The molecular weight excluding hydrogens is 300 g/mol. The summed E-state index contributed by atoms with van der Waals surface area (Å²) in [6.45, 7) is 4.45. The number of aromatic amines is 1. The average Bonchev–Trinajstić information content (AvgIpc) is 3.20. The maximum absolute atomic E-state index is 12.6. The average molecular weight is 320 g/mol. The normalized spacial score (nSPS) is 20.7. The first kappa shape index (κ1) is 15.5. The van der Waals surface area contributed by atoms with Crippen molar-refractivity contribution in [2.75, 3.05) is 19.0 Å². The first-order valence-corrected chi connectivity index (χ1v) is 7.40. The Morgan fingerprint density at radius 3 is 2.87 bits per heavy atom. The highest BCUT2D eigenvalue weighted by Gasteiger charge is 2.38. The van der Waals surface area contributed by atoms with Crippen LogP contribution in [-0.4, -0.2) is 44.6 Å². The molecule has 1 saturated heterocycles. The summed E-state index contributed by atoms with van der Waals surface area (Å²) in [6, 6.07) is 0.179. The number of methoxy groups -OCH3 is 1. The van der Waals surface area contributed by atoms with Gasteiger partial charge in [-0.1, -0.05) is 0 Å². The third-order valence-corrected chi connectivity index (χ3v) is 4.17. The molecule has 1 amide bonds. The van der Waals surface area contributed by atoms with Crippen molar-refractivity contribution >= 4 is 11.9 Å². The molecule has 124 valence electrons. The van der Waals surface area contributed by atoms with Crippen molar-refractivity contribution in [2.45, 2.75) is 26.4 Å². The Bertz CT molecular complexity index is 722. The van der Waals surface area contributed by atoms with Crippen molar-refractivity contribution in [1.82, 2.24) is 25.0 Å². The quantitative estimate of drug-likeness (QED) is 0.866.